The maximum Gasteiger partial charge on any atom is 0.140 e. The molecule has 0 aliphatic rings. The van der Waals surface area contributed by atoms with Crippen LogP contribution in [0.3, 0.4) is 0 Å². The van der Waals surface area contributed by atoms with Crippen molar-refractivity contribution in [3.8, 4) is 16.2 Å². The highest BCUT2D eigenvalue weighted by atomic mass is 32.3. The van der Waals surface area contributed by atoms with Crippen LogP contribution in [0.1, 0.15) is 0 Å². The Morgan fingerprint density at radius 1 is 1.00 bits per heavy atom. The van der Waals surface area contributed by atoms with Crippen LogP contribution in [0, 0.1) is 32.0 Å². The first kappa shape index (κ1) is 6.82. The number of rotatable bonds is 0. The van der Waals surface area contributed by atoms with Crippen molar-refractivity contribution in [2.24, 2.45) is 0 Å². The predicted octanol–water partition coefficient (Wildman–Crippen LogP) is 0.864. The second kappa shape index (κ2) is 2.21. The molecule has 0 aromatic rings. The average Bonchev–Trinajstić information content (AvgIpc) is 1.87. The zero-order valence-electron chi connectivity index (χ0n) is 4.25. The Labute approximate surface area is 49.1 Å². The van der Waals surface area contributed by atoms with Crippen molar-refractivity contribution in [1.82, 2.24) is 0 Å². The molecule has 0 saturated heterocycles. The molecule has 0 amide bonds. The van der Waals surface area contributed by atoms with Crippen molar-refractivity contribution in [2.75, 3.05) is 6.26 Å². The van der Waals surface area contributed by atoms with E-state index in [0.717, 1.165) is 0 Å². The van der Waals surface area contributed by atoms with Gasteiger partial charge in [-0.05, 0) is 0 Å². The first-order chi connectivity index (χ1) is 3.68. The smallest absolute Gasteiger partial charge is 0.140 e. The third-order valence-electron chi connectivity index (χ3n) is 0.548. The van der Waals surface area contributed by atoms with Crippen molar-refractivity contribution in [2.45, 2.75) is 0 Å². The summed E-state index contributed by atoms with van der Waals surface area (Å²) < 4.78 is 0. The Hall–Kier alpha value is -1.18. The van der Waals surface area contributed by atoms with E-state index in [2.05, 4.69) is 0 Å². The Balaban J connectivity index is 4.42. The van der Waals surface area contributed by atoms with Gasteiger partial charge in [-0.2, -0.15) is 15.8 Å². The molecule has 4 heteroatoms. The van der Waals surface area contributed by atoms with E-state index in [0.29, 0.717) is 0 Å². The molecule has 0 saturated carbocycles. The largest absolute Gasteiger partial charge is 0.185 e. The van der Waals surface area contributed by atoms with E-state index in [1.807, 2.05) is 0 Å². The number of nitrogens with zero attached hydrogens (tertiary/aromatic N) is 3. The summed E-state index contributed by atoms with van der Waals surface area (Å²) in [6, 6.07) is 0. The fourth-order valence-corrected chi connectivity index (χ4v) is 0.184. The summed E-state index contributed by atoms with van der Waals surface area (Å²) in [4.78, 5) is 0. The molecule has 0 fully saturated rings. The summed E-state index contributed by atoms with van der Waals surface area (Å²) in [5.74, 6) is 0. The second-order valence-corrected chi connectivity index (χ2v) is 3.58. The van der Waals surface area contributed by atoms with Crippen LogP contribution in [0.4, 0.5) is 0 Å². The quantitative estimate of drug-likeness (QED) is 0.451. The van der Waals surface area contributed by atoms with Gasteiger partial charge in [-0.25, -0.2) is 0 Å². The van der Waals surface area contributed by atoms with Crippen molar-refractivity contribution < 1.29 is 0 Å². The van der Waals surface area contributed by atoms with Gasteiger partial charge in [0.1, 0.15) is 16.2 Å². The van der Waals surface area contributed by atoms with Gasteiger partial charge in [-0.15, -0.1) is 0 Å². The molecule has 0 radical (unpaired) electrons. The van der Waals surface area contributed by atoms with Crippen LogP contribution in [0.2, 0.25) is 0 Å². The van der Waals surface area contributed by atoms with Gasteiger partial charge in [0, 0.05) is 16.3 Å². The minimum absolute atomic E-state index is 1.35. The summed E-state index contributed by atoms with van der Waals surface area (Å²) >= 11 is 0. The standard InChI is InChI=1S/C4H3N3S/c1-8(2-5,3-6)4-7/h1H3. The summed E-state index contributed by atoms with van der Waals surface area (Å²) in [7, 11) is -2.24. The average molecular weight is 125 g/mol. The van der Waals surface area contributed by atoms with E-state index in [4.69, 9.17) is 15.8 Å². The van der Waals surface area contributed by atoms with Crippen molar-refractivity contribution >= 4 is 10.0 Å². The molecule has 0 aliphatic heterocycles. The molecule has 8 heavy (non-hydrogen) atoms. The van der Waals surface area contributed by atoms with Crippen LogP contribution in [0.5, 0.6) is 0 Å². The molecule has 0 bridgehead atoms. The van der Waals surface area contributed by atoms with Crippen LogP contribution in [-0.2, 0) is 0 Å². The molecule has 0 heterocycles. The normalized spacial score (nSPS) is 10.2. The lowest BCUT2D eigenvalue weighted by Crippen LogP contribution is -1.81. The van der Waals surface area contributed by atoms with Gasteiger partial charge in [-0.3, -0.25) is 0 Å². The van der Waals surface area contributed by atoms with Gasteiger partial charge < -0.3 is 0 Å². The van der Waals surface area contributed by atoms with E-state index in [-0.39, 0.29) is 0 Å². The van der Waals surface area contributed by atoms with Crippen LogP contribution < -0.4 is 0 Å². The fourth-order valence-electron chi connectivity index (χ4n) is 0.0612. The first-order valence-corrected chi connectivity index (χ1v) is 3.73. The van der Waals surface area contributed by atoms with Gasteiger partial charge in [0.25, 0.3) is 0 Å². The minimum Gasteiger partial charge on any atom is -0.185 e. The number of thiocyanates is 3. The molecular weight excluding hydrogens is 122 g/mol. The zero-order valence-corrected chi connectivity index (χ0v) is 5.07. The van der Waals surface area contributed by atoms with Crippen LogP contribution in [-0.4, -0.2) is 6.26 Å². The van der Waals surface area contributed by atoms with E-state index < -0.39 is 10.0 Å². The van der Waals surface area contributed by atoms with Gasteiger partial charge in [0.05, 0.1) is 0 Å². The maximum absolute atomic E-state index is 8.13. The molecule has 3 nitrogen and oxygen atoms in total. The van der Waals surface area contributed by atoms with E-state index in [1.165, 1.54) is 6.26 Å². The van der Waals surface area contributed by atoms with Gasteiger partial charge >= 0.3 is 0 Å². The molecule has 0 aliphatic carbocycles. The van der Waals surface area contributed by atoms with Gasteiger partial charge in [-0.1, -0.05) is 0 Å². The maximum atomic E-state index is 8.13. The minimum atomic E-state index is -2.24. The van der Waals surface area contributed by atoms with Crippen molar-refractivity contribution in [1.29, 1.82) is 15.8 Å². The highest BCUT2D eigenvalue weighted by Crippen LogP contribution is 2.38. The second-order valence-electron chi connectivity index (χ2n) is 1.19. The SMILES string of the molecule is CS(C#N)(C#N)C#N. The molecule has 0 N–H and O–H groups in total. The molecule has 0 atom stereocenters. The highest BCUT2D eigenvalue weighted by molar-refractivity contribution is 8.43. The van der Waals surface area contributed by atoms with Gasteiger partial charge in [0.15, 0.2) is 0 Å². The highest BCUT2D eigenvalue weighted by Gasteiger charge is 2.13. The molecule has 0 unspecified atom stereocenters. The third kappa shape index (κ3) is 1.15. The third-order valence-corrected chi connectivity index (χ3v) is 1.64. The van der Waals surface area contributed by atoms with Crippen LogP contribution in [0.25, 0.3) is 0 Å². The topological polar surface area (TPSA) is 71.4 Å². The summed E-state index contributed by atoms with van der Waals surface area (Å²) in [6.07, 6.45) is 1.35. The van der Waals surface area contributed by atoms with E-state index >= 15 is 0 Å². The number of hydrogen-bond acceptors (Lipinski definition) is 3. The molecule has 40 valence electrons. The Bertz CT molecular complexity index is 165. The molecule has 0 rings (SSSR count). The summed E-state index contributed by atoms with van der Waals surface area (Å²) in [6.45, 7) is 0. The lowest BCUT2D eigenvalue weighted by molar-refractivity contribution is 1.54. The summed E-state index contributed by atoms with van der Waals surface area (Å²) in [5.41, 5.74) is 0. The lowest BCUT2D eigenvalue weighted by Gasteiger charge is -2.00. The lowest BCUT2D eigenvalue weighted by atomic mass is 11.7. The van der Waals surface area contributed by atoms with E-state index in [1.54, 1.807) is 16.2 Å². The fraction of sp³-hybridized carbons (Fsp3) is 0.250. The monoisotopic (exact) mass is 125 g/mol. The Kier molecular flexibility index (Phi) is 1.88. The summed E-state index contributed by atoms with van der Waals surface area (Å²) in [5, 5.41) is 29.3. The Morgan fingerprint density at radius 2 is 1.25 bits per heavy atom. The van der Waals surface area contributed by atoms with Crippen molar-refractivity contribution in [3.63, 3.8) is 0 Å². The molecular formula is C4H3N3S. The van der Waals surface area contributed by atoms with Crippen molar-refractivity contribution in [3.05, 3.63) is 0 Å². The molecule has 0 spiro atoms. The molecule has 0 aromatic heterocycles. The van der Waals surface area contributed by atoms with Crippen LogP contribution >= 0.6 is 10.0 Å². The Morgan fingerprint density at radius 3 is 1.25 bits per heavy atom. The van der Waals surface area contributed by atoms with E-state index in [9.17, 15) is 0 Å². The van der Waals surface area contributed by atoms with Gasteiger partial charge in [0.2, 0.25) is 0 Å². The van der Waals surface area contributed by atoms with Crippen LogP contribution in [0.15, 0.2) is 0 Å². The predicted molar refractivity (Wildman–Crippen MR) is 30.4 cm³/mol. The zero-order chi connectivity index (χ0) is 6.62. The first-order valence-electron chi connectivity index (χ1n) is 1.69. The number of nitriles is 3. The number of hydrogen-bond donors (Lipinski definition) is 0. The molecule has 0 aromatic carbocycles.